The first-order chi connectivity index (χ1) is 7.20. The molecule has 1 atom stereocenters. The third-order valence-corrected chi connectivity index (χ3v) is 2.08. The van der Waals surface area contributed by atoms with Gasteiger partial charge >= 0.3 is 6.16 Å². The lowest BCUT2D eigenvalue weighted by atomic mass is 10.1. The Morgan fingerprint density at radius 1 is 1.40 bits per heavy atom. The molecular formula is C12H22O3. The zero-order valence-electron chi connectivity index (χ0n) is 9.83. The highest BCUT2D eigenvalue weighted by molar-refractivity contribution is 5.60. The number of ether oxygens (including phenoxy) is 2. The largest absolute Gasteiger partial charge is 0.508 e. The molecule has 3 nitrogen and oxygen atoms in total. The van der Waals surface area contributed by atoms with E-state index in [1.807, 2.05) is 6.92 Å². The van der Waals surface area contributed by atoms with Gasteiger partial charge in [0.2, 0.25) is 0 Å². The molecule has 0 saturated carbocycles. The van der Waals surface area contributed by atoms with E-state index in [0.29, 0.717) is 0 Å². The summed E-state index contributed by atoms with van der Waals surface area (Å²) in [5, 5.41) is 0. The molecule has 0 aromatic carbocycles. The van der Waals surface area contributed by atoms with Gasteiger partial charge in [0.1, 0.15) is 12.7 Å². The SMILES string of the molecule is C=CCOC(=O)OC(C)CCCCCC. The monoisotopic (exact) mass is 214 g/mol. The van der Waals surface area contributed by atoms with Crippen LogP contribution in [0.1, 0.15) is 46.0 Å². The van der Waals surface area contributed by atoms with Crippen LogP contribution in [0.4, 0.5) is 4.79 Å². The topological polar surface area (TPSA) is 35.5 Å². The average molecular weight is 214 g/mol. The third-order valence-electron chi connectivity index (χ3n) is 2.08. The fourth-order valence-corrected chi connectivity index (χ4v) is 1.24. The maximum Gasteiger partial charge on any atom is 0.508 e. The van der Waals surface area contributed by atoms with E-state index in [-0.39, 0.29) is 12.7 Å². The van der Waals surface area contributed by atoms with Crippen LogP contribution < -0.4 is 0 Å². The highest BCUT2D eigenvalue weighted by Gasteiger charge is 2.09. The maximum atomic E-state index is 11.0. The first kappa shape index (κ1) is 14.0. The number of hydrogen-bond acceptors (Lipinski definition) is 3. The molecule has 0 radical (unpaired) electrons. The Morgan fingerprint density at radius 3 is 2.73 bits per heavy atom. The van der Waals surface area contributed by atoms with E-state index < -0.39 is 6.16 Å². The standard InChI is InChI=1S/C12H22O3/c1-4-6-7-8-9-11(3)15-12(13)14-10-5-2/h5,11H,2,4,6-10H2,1,3H3. The summed E-state index contributed by atoms with van der Waals surface area (Å²) in [6.45, 7) is 7.72. The molecule has 0 aromatic rings. The summed E-state index contributed by atoms with van der Waals surface area (Å²) >= 11 is 0. The summed E-state index contributed by atoms with van der Waals surface area (Å²) in [4.78, 5) is 11.0. The fraction of sp³-hybridized carbons (Fsp3) is 0.750. The molecule has 3 heteroatoms. The van der Waals surface area contributed by atoms with E-state index in [2.05, 4.69) is 13.5 Å². The summed E-state index contributed by atoms with van der Waals surface area (Å²) in [6, 6.07) is 0. The maximum absolute atomic E-state index is 11.0. The quantitative estimate of drug-likeness (QED) is 0.351. The number of hydrogen-bond donors (Lipinski definition) is 0. The predicted octanol–water partition coefficient (Wildman–Crippen LogP) is 3.68. The molecule has 1 unspecified atom stereocenters. The first-order valence-corrected chi connectivity index (χ1v) is 5.65. The molecule has 0 aliphatic rings. The number of carbonyl (C=O) groups excluding carboxylic acids is 1. The summed E-state index contributed by atoms with van der Waals surface area (Å²) < 4.78 is 9.73. The molecule has 0 heterocycles. The van der Waals surface area contributed by atoms with Crippen LogP contribution in [-0.2, 0) is 9.47 Å². The van der Waals surface area contributed by atoms with Gasteiger partial charge in [-0.25, -0.2) is 4.79 Å². The molecule has 0 spiro atoms. The minimum absolute atomic E-state index is 0.0563. The summed E-state index contributed by atoms with van der Waals surface area (Å²) in [6.07, 6.45) is 6.54. The van der Waals surface area contributed by atoms with Gasteiger partial charge in [0.05, 0.1) is 0 Å². The van der Waals surface area contributed by atoms with E-state index in [1.54, 1.807) is 0 Å². The smallest absolute Gasteiger partial charge is 0.431 e. The summed E-state index contributed by atoms with van der Waals surface area (Å²) in [5.41, 5.74) is 0. The van der Waals surface area contributed by atoms with Crippen molar-refractivity contribution in [3.8, 4) is 0 Å². The van der Waals surface area contributed by atoms with Crippen molar-refractivity contribution >= 4 is 6.16 Å². The van der Waals surface area contributed by atoms with Crippen LogP contribution in [-0.4, -0.2) is 18.9 Å². The van der Waals surface area contributed by atoms with E-state index in [4.69, 9.17) is 9.47 Å². The number of unbranched alkanes of at least 4 members (excludes halogenated alkanes) is 3. The molecule has 0 rings (SSSR count). The van der Waals surface area contributed by atoms with E-state index >= 15 is 0 Å². The van der Waals surface area contributed by atoms with Gasteiger partial charge < -0.3 is 9.47 Å². The lowest BCUT2D eigenvalue weighted by molar-refractivity contribution is 0.0322. The minimum atomic E-state index is -0.599. The number of carbonyl (C=O) groups is 1. The van der Waals surface area contributed by atoms with E-state index in [0.717, 1.165) is 12.8 Å². The van der Waals surface area contributed by atoms with Crippen molar-refractivity contribution in [1.82, 2.24) is 0 Å². The van der Waals surface area contributed by atoms with Gasteiger partial charge in [-0.1, -0.05) is 38.8 Å². The molecule has 0 saturated heterocycles. The van der Waals surface area contributed by atoms with Gasteiger partial charge in [0.15, 0.2) is 0 Å². The second-order valence-corrected chi connectivity index (χ2v) is 3.63. The van der Waals surface area contributed by atoms with Crippen LogP contribution in [0.3, 0.4) is 0 Å². The summed E-state index contributed by atoms with van der Waals surface area (Å²) in [5.74, 6) is 0. The van der Waals surface area contributed by atoms with Crippen molar-refractivity contribution in [2.75, 3.05) is 6.61 Å². The number of rotatable bonds is 8. The van der Waals surface area contributed by atoms with Crippen molar-refractivity contribution in [3.63, 3.8) is 0 Å². The lowest BCUT2D eigenvalue weighted by Crippen LogP contribution is -2.16. The normalized spacial score (nSPS) is 11.9. The van der Waals surface area contributed by atoms with Gasteiger partial charge in [0.25, 0.3) is 0 Å². The molecule has 0 fully saturated rings. The first-order valence-electron chi connectivity index (χ1n) is 5.65. The Labute approximate surface area is 92.5 Å². The van der Waals surface area contributed by atoms with Gasteiger partial charge in [-0.2, -0.15) is 0 Å². The van der Waals surface area contributed by atoms with Crippen molar-refractivity contribution in [3.05, 3.63) is 12.7 Å². The van der Waals surface area contributed by atoms with Gasteiger partial charge in [-0.3, -0.25) is 0 Å². The van der Waals surface area contributed by atoms with Crippen molar-refractivity contribution in [1.29, 1.82) is 0 Å². The van der Waals surface area contributed by atoms with Crippen LogP contribution in [0, 0.1) is 0 Å². The Kier molecular flexibility index (Phi) is 8.93. The zero-order chi connectivity index (χ0) is 11.5. The zero-order valence-corrected chi connectivity index (χ0v) is 9.83. The molecule has 15 heavy (non-hydrogen) atoms. The van der Waals surface area contributed by atoms with E-state index in [1.165, 1.54) is 25.3 Å². The van der Waals surface area contributed by atoms with Gasteiger partial charge in [0, 0.05) is 0 Å². The van der Waals surface area contributed by atoms with Crippen LogP contribution in [0.15, 0.2) is 12.7 Å². The molecule has 88 valence electrons. The highest BCUT2D eigenvalue weighted by Crippen LogP contribution is 2.08. The van der Waals surface area contributed by atoms with Crippen LogP contribution in [0.2, 0.25) is 0 Å². The van der Waals surface area contributed by atoms with Gasteiger partial charge in [-0.15, -0.1) is 0 Å². The van der Waals surface area contributed by atoms with Crippen molar-refractivity contribution < 1.29 is 14.3 Å². The summed E-state index contributed by atoms with van der Waals surface area (Å²) in [7, 11) is 0. The molecular weight excluding hydrogens is 192 g/mol. The van der Waals surface area contributed by atoms with E-state index in [9.17, 15) is 4.79 Å². The average Bonchev–Trinajstić information content (AvgIpc) is 2.21. The second-order valence-electron chi connectivity index (χ2n) is 3.63. The van der Waals surface area contributed by atoms with Crippen LogP contribution in [0.25, 0.3) is 0 Å². The Hall–Kier alpha value is -0.990. The molecule has 0 N–H and O–H groups in total. The minimum Gasteiger partial charge on any atom is -0.431 e. The fourth-order valence-electron chi connectivity index (χ4n) is 1.24. The predicted molar refractivity (Wildman–Crippen MR) is 60.9 cm³/mol. The second kappa shape index (κ2) is 9.56. The third kappa shape index (κ3) is 9.32. The highest BCUT2D eigenvalue weighted by atomic mass is 16.7. The Balaban J connectivity index is 3.42. The molecule has 0 bridgehead atoms. The van der Waals surface area contributed by atoms with Crippen LogP contribution >= 0.6 is 0 Å². The molecule has 0 aliphatic carbocycles. The molecule has 0 aliphatic heterocycles. The van der Waals surface area contributed by atoms with Crippen molar-refractivity contribution in [2.24, 2.45) is 0 Å². The Bertz CT molecular complexity index is 178. The molecule has 0 aromatic heterocycles. The van der Waals surface area contributed by atoms with Gasteiger partial charge in [-0.05, 0) is 19.8 Å². The molecule has 0 amide bonds. The van der Waals surface area contributed by atoms with Crippen LogP contribution in [0.5, 0.6) is 0 Å². The Morgan fingerprint density at radius 2 is 2.13 bits per heavy atom. The lowest BCUT2D eigenvalue weighted by Gasteiger charge is -2.12. The van der Waals surface area contributed by atoms with Crippen molar-refractivity contribution in [2.45, 2.75) is 52.1 Å².